The van der Waals surface area contributed by atoms with E-state index in [9.17, 15) is 4.79 Å². The topological polar surface area (TPSA) is 29.1 Å². The highest BCUT2D eigenvalue weighted by Gasteiger charge is 1.97. The Hall–Kier alpha value is -2.06. The monoisotopic (exact) mass is 285 g/mol. The highest BCUT2D eigenvalue weighted by Crippen LogP contribution is 2.09. The number of carbonyl (C=O) groups excluding carboxylic acids is 1. The highest BCUT2D eigenvalue weighted by molar-refractivity contribution is 6.30. The quantitative estimate of drug-likeness (QED) is 0.846. The molecule has 0 saturated carbocycles. The van der Waals surface area contributed by atoms with Gasteiger partial charge in [0.05, 0.1) is 0 Å². The lowest BCUT2D eigenvalue weighted by Gasteiger charge is -2.02. The first kappa shape index (κ1) is 14.4. The molecule has 0 spiro atoms. The molecule has 2 nitrogen and oxygen atoms in total. The van der Waals surface area contributed by atoms with E-state index in [2.05, 4.69) is 5.32 Å². The van der Waals surface area contributed by atoms with Gasteiger partial charge in [-0.3, -0.25) is 4.79 Å². The molecule has 0 aliphatic heterocycles. The minimum absolute atomic E-state index is 0.110. The fourth-order valence-corrected chi connectivity index (χ4v) is 1.92. The molecule has 1 N–H and O–H groups in total. The van der Waals surface area contributed by atoms with Crippen LogP contribution in [-0.2, 0) is 11.3 Å². The van der Waals surface area contributed by atoms with E-state index in [0.717, 1.165) is 11.1 Å². The molecule has 0 aliphatic carbocycles. The van der Waals surface area contributed by atoms with Gasteiger partial charge in [0.2, 0.25) is 5.91 Å². The van der Waals surface area contributed by atoms with Crippen LogP contribution < -0.4 is 5.32 Å². The third-order valence-corrected chi connectivity index (χ3v) is 3.10. The van der Waals surface area contributed by atoms with Crippen LogP contribution in [0, 0.1) is 6.92 Å². The summed E-state index contributed by atoms with van der Waals surface area (Å²) in [6.45, 7) is 2.52. The Bertz CT molecular complexity index is 617. The van der Waals surface area contributed by atoms with Gasteiger partial charge in [-0.1, -0.05) is 53.6 Å². The van der Waals surface area contributed by atoms with Crippen LogP contribution in [0.2, 0.25) is 5.02 Å². The molecule has 3 heteroatoms. The second-order valence-corrected chi connectivity index (χ2v) is 5.03. The molecule has 0 radical (unpaired) electrons. The van der Waals surface area contributed by atoms with E-state index < -0.39 is 0 Å². The molecule has 0 atom stereocenters. The average Bonchev–Trinajstić information content (AvgIpc) is 2.45. The Morgan fingerprint density at radius 3 is 2.65 bits per heavy atom. The van der Waals surface area contributed by atoms with Gasteiger partial charge in [0.15, 0.2) is 0 Å². The van der Waals surface area contributed by atoms with E-state index in [0.29, 0.717) is 11.6 Å². The molecule has 2 rings (SSSR count). The molecular formula is C17H16ClNO. The Morgan fingerprint density at radius 1 is 1.20 bits per heavy atom. The lowest BCUT2D eigenvalue weighted by molar-refractivity contribution is -0.116. The number of hydrogen-bond donors (Lipinski definition) is 1. The van der Waals surface area contributed by atoms with Gasteiger partial charge < -0.3 is 5.32 Å². The Morgan fingerprint density at radius 2 is 1.95 bits per heavy atom. The van der Waals surface area contributed by atoms with Crippen LogP contribution in [0.5, 0.6) is 0 Å². The maximum Gasteiger partial charge on any atom is 0.244 e. The molecule has 1 amide bonds. The van der Waals surface area contributed by atoms with E-state index >= 15 is 0 Å². The summed E-state index contributed by atoms with van der Waals surface area (Å²) in [5.41, 5.74) is 3.21. The SMILES string of the molecule is Cc1cccc(/C=C/C(=O)NCc2ccc(Cl)cc2)c1. The largest absolute Gasteiger partial charge is 0.348 e. The molecule has 2 aromatic rings. The molecule has 2 aromatic carbocycles. The average molecular weight is 286 g/mol. The van der Waals surface area contributed by atoms with Gasteiger partial charge in [0.1, 0.15) is 0 Å². The minimum atomic E-state index is -0.110. The van der Waals surface area contributed by atoms with E-state index in [1.807, 2.05) is 61.5 Å². The van der Waals surface area contributed by atoms with Crippen molar-refractivity contribution >= 4 is 23.6 Å². The van der Waals surface area contributed by atoms with Gasteiger partial charge in [-0.15, -0.1) is 0 Å². The molecule has 0 heterocycles. The first-order chi connectivity index (χ1) is 9.63. The van der Waals surface area contributed by atoms with Crippen molar-refractivity contribution in [2.24, 2.45) is 0 Å². The molecule has 0 saturated heterocycles. The first-order valence-electron chi connectivity index (χ1n) is 6.40. The number of amides is 1. The van der Waals surface area contributed by atoms with Crippen molar-refractivity contribution in [3.63, 3.8) is 0 Å². The lowest BCUT2D eigenvalue weighted by atomic mass is 10.1. The van der Waals surface area contributed by atoms with Crippen LogP contribution in [-0.4, -0.2) is 5.91 Å². The van der Waals surface area contributed by atoms with E-state index in [1.54, 1.807) is 6.08 Å². The third kappa shape index (κ3) is 4.56. The summed E-state index contributed by atoms with van der Waals surface area (Å²) in [6.07, 6.45) is 3.36. The summed E-state index contributed by atoms with van der Waals surface area (Å²) in [7, 11) is 0. The second kappa shape index (κ2) is 6.92. The predicted molar refractivity (Wildman–Crippen MR) is 83.5 cm³/mol. The highest BCUT2D eigenvalue weighted by atomic mass is 35.5. The molecule has 0 fully saturated rings. The zero-order valence-electron chi connectivity index (χ0n) is 11.3. The van der Waals surface area contributed by atoms with Crippen LogP contribution in [0.4, 0.5) is 0 Å². The van der Waals surface area contributed by atoms with Crippen molar-refractivity contribution in [2.75, 3.05) is 0 Å². The second-order valence-electron chi connectivity index (χ2n) is 4.59. The Labute approximate surface area is 124 Å². The lowest BCUT2D eigenvalue weighted by Crippen LogP contribution is -2.20. The number of benzene rings is 2. The Kier molecular flexibility index (Phi) is 4.97. The number of hydrogen-bond acceptors (Lipinski definition) is 1. The Balaban J connectivity index is 1.88. The van der Waals surface area contributed by atoms with Crippen LogP contribution in [0.25, 0.3) is 6.08 Å². The van der Waals surface area contributed by atoms with Crippen LogP contribution in [0.3, 0.4) is 0 Å². The maximum absolute atomic E-state index is 11.7. The molecule has 0 unspecified atom stereocenters. The van der Waals surface area contributed by atoms with Gasteiger partial charge in [-0.25, -0.2) is 0 Å². The van der Waals surface area contributed by atoms with Crippen molar-refractivity contribution in [3.8, 4) is 0 Å². The number of nitrogens with one attached hydrogen (secondary N) is 1. The van der Waals surface area contributed by atoms with Gasteiger partial charge in [0, 0.05) is 17.6 Å². The number of rotatable bonds is 4. The predicted octanol–water partition coefficient (Wildman–Crippen LogP) is 3.98. The van der Waals surface area contributed by atoms with E-state index in [4.69, 9.17) is 11.6 Å². The fraction of sp³-hybridized carbons (Fsp3) is 0.118. The summed E-state index contributed by atoms with van der Waals surface area (Å²) in [6, 6.07) is 15.4. The first-order valence-corrected chi connectivity index (χ1v) is 6.78. The van der Waals surface area contributed by atoms with Crippen molar-refractivity contribution in [1.29, 1.82) is 0 Å². The molecule has 0 aliphatic rings. The summed E-state index contributed by atoms with van der Waals surface area (Å²) in [5.74, 6) is -0.110. The fourth-order valence-electron chi connectivity index (χ4n) is 1.80. The number of halogens is 1. The third-order valence-electron chi connectivity index (χ3n) is 2.85. The van der Waals surface area contributed by atoms with E-state index in [1.165, 1.54) is 5.56 Å². The minimum Gasteiger partial charge on any atom is -0.348 e. The summed E-state index contributed by atoms with van der Waals surface area (Å²) in [4.78, 5) is 11.7. The normalized spacial score (nSPS) is 10.7. The van der Waals surface area contributed by atoms with Gasteiger partial charge >= 0.3 is 0 Å². The van der Waals surface area contributed by atoms with Crippen LogP contribution in [0.1, 0.15) is 16.7 Å². The summed E-state index contributed by atoms with van der Waals surface area (Å²) in [5, 5.41) is 3.53. The summed E-state index contributed by atoms with van der Waals surface area (Å²) >= 11 is 5.81. The van der Waals surface area contributed by atoms with Crippen LogP contribution >= 0.6 is 11.6 Å². The van der Waals surface area contributed by atoms with E-state index in [-0.39, 0.29) is 5.91 Å². The number of carbonyl (C=O) groups is 1. The smallest absolute Gasteiger partial charge is 0.244 e. The van der Waals surface area contributed by atoms with Gasteiger partial charge in [-0.05, 0) is 36.3 Å². The van der Waals surface area contributed by atoms with Crippen molar-refractivity contribution in [2.45, 2.75) is 13.5 Å². The van der Waals surface area contributed by atoms with Gasteiger partial charge in [-0.2, -0.15) is 0 Å². The zero-order valence-corrected chi connectivity index (χ0v) is 12.0. The number of aryl methyl sites for hydroxylation is 1. The molecular weight excluding hydrogens is 270 g/mol. The molecule has 0 bridgehead atoms. The maximum atomic E-state index is 11.7. The zero-order chi connectivity index (χ0) is 14.4. The van der Waals surface area contributed by atoms with Crippen LogP contribution in [0.15, 0.2) is 54.6 Å². The van der Waals surface area contributed by atoms with Crippen molar-refractivity contribution < 1.29 is 4.79 Å². The molecule has 102 valence electrons. The standard InChI is InChI=1S/C17H16ClNO/c1-13-3-2-4-14(11-13)7-10-17(20)19-12-15-5-8-16(18)9-6-15/h2-11H,12H2,1H3,(H,19,20)/b10-7+. The summed E-state index contributed by atoms with van der Waals surface area (Å²) < 4.78 is 0. The van der Waals surface area contributed by atoms with Gasteiger partial charge in [0.25, 0.3) is 0 Å². The molecule has 20 heavy (non-hydrogen) atoms. The van der Waals surface area contributed by atoms with Crippen molar-refractivity contribution in [1.82, 2.24) is 5.32 Å². The van der Waals surface area contributed by atoms with Crippen molar-refractivity contribution in [3.05, 3.63) is 76.3 Å². The molecule has 0 aromatic heterocycles.